The van der Waals surface area contributed by atoms with Crippen LogP contribution >= 0.6 is 0 Å². The van der Waals surface area contributed by atoms with Crippen molar-refractivity contribution in [3.05, 3.63) is 105 Å². The molecule has 4 rings (SSSR count). The van der Waals surface area contributed by atoms with E-state index >= 15 is 0 Å². The van der Waals surface area contributed by atoms with E-state index in [2.05, 4.69) is 0 Å². The molecule has 0 aromatic heterocycles. The van der Waals surface area contributed by atoms with E-state index in [1.807, 2.05) is 0 Å². The average Bonchev–Trinajstić information content (AvgIpc) is 2.83. The summed E-state index contributed by atoms with van der Waals surface area (Å²) < 4.78 is 14.0. The molecule has 0 fully saturated rings. The van der Waals surface area contributed by atoms with Gasteiger partial charge in [0.05, 0.1) is 30.4 Å². The molecule has 4 N–H and O–H groups in total. The molecule has 0 radical (unpaired) electrons. The zero-order valence-corrected chi connectivity index (χ0v) is 18.4. The van der Waals surface area contributed by atoms with Crippen LogP contribution in [-0.2, 0) is 10.8 Å². The molecule has 0 unspecified atom stereocenters. The number of nitro groups is 2. The molecule has 0 atom stereocenters. The molecule has 9 nitrogen and oxygen atoms in total. The lowest BCUT2D eigenvalue weighted by molar-refractivity contribution is -0.384. The molecular formula is C24H18N4O5S. The highest BCUT2D eigenvalue weighted by Gasteiger charge is 2.27. The lowest BCUT2D eigenvalue weighted by Gasteiger charge is -2.16. The fourth-order valence-electron chi connectivity index (χ4n) is 3.73. The standard InChI is InChI=1S/C24H18N4O5S/c25-23-17(27(29)30)11-13-19(21(23)15-7-3-1-4-8-15)34(33)20-14-12-18(28(31)32)24(26)22(20)16-9-5-2-6-10-16/h1-14H,25-26H2. The molecule has 0 saturated heterocycles. The minimum Gasteiger partial charge on any atom is -0.393 e. The van der Waals surface area contributed by atoms with Gasteiger partial charge in [-0.15, -0.1) is 0 Å². The van der Waals surface area contributed by atoms with Gasteiger partial charge in [-0.1, -0.05) is 60.7 Å². The molecule has 0 aliphatic rings. The first kappa shape index (κ1) is 22.6. The van der Waals surface area contributed by atoms with Crippen LogP contribution in [0.1, 0.15) is 0 Å². The quantitative estimate of drug-likeness (QED) is 0.222. The van der Waals surface area contributed by atoms with Gasteiger partial charge < -0.3 is 11.5 Å². The van der Waals surface area contributed by atoms with Gasteiger partial charge in [0.15, 0.2) is 0 Å². The van der Waals surface area contributed by atoms with Crippen molar-refractivity contribution in [2.45, 2.75) is 9.79 Å². The number of nitrogens with zero attached hydrogens (tertiary/aromatic N) is 2. The third-order valence-corrected chi connectivity index (χ3v) is 6.77. The summed E-state index contributed by atoms with van der Waals surface area (Å²) in [4.78, 5) is 22.3. The van der Waals surface area contributed by atoms with Crippen LogP contribution in [0, 0.1) is 20.2 Å². The van der Waals surface area contributed by atoms with E-state index < -0.39 is 20.6 Å². The highest BCUT2D eigenvalue weighted by molar-refractivity contribution is 7.85. The molecule has 0 saturated carbocycles. The van der Waals surface area contributed by atoms with Crippen molar-refractivity contribution in [3.8, 4) is 22.3 Å². The van der Waals surface area contributed by atoms with Gasteiger partial charge in [0, 0.05) is 23.3 Å². The van der Waals surface area contributed by atoms with Gasteiger partial charge in [-0.05, 0) is 23.3 Å². The zero-order valence-electron chi connectivity index (χ0n) is 17.6. The smallest absolute Gasteiger partial charge is 0.292 e. The van der Waals surface area contributed by atoms with Crippen LogP contribution < -0.4 is 11.5 Å². The van der Waals surface area contributed by atoms with E-state index in [0.29, 0.717) is 11.1 Å². The highest BCUT2D eigenvalue weighted by Crippen LogP contribution is 2.43. The van der Waals surface area contributed by atoms with E-state index in [4.69, 9.17) is 11.5 Å². The summed E-state index contributed by atoms with van der Waals surface area (Å²) in [6.45, 7) is 0. The summed E-state index contributed by atoms with van der Waals surface area (Å²) in [5.74, 6) is 0. The highest BCUT2D eigenvalue weighted by atomic mass is 32.2. The monoisotopic (exact) mass is 474 g/mol. The number of rotatable bonds is 6. The first-order valence-corrected chi connectivity index (χ1v) is 11.1. The van der Waals surface area contributed by atoms with Crippen molar-refractivity contribution in [1.82, 2.24) is 0 Å². The van der Waals surface area contributed by atoms with Crippen molar-refractivity contribution in [2.24, 2.45) is 0 Å². The van der Waals surface area contributed by atoms with Crippen LogP contribution in [0.5, 0.6) is 0 Å². The maximum Gasteiger partial charge on any atom is 0.292 e. The number of benzene rings is 4. The summed E-state index contributed by atoms with van der Waals surface area (Å²) in [5.41, 5.74) is 13.1. The van der Waals surface area contributed by atoms with Gasteiger partial charge in [-0.25, -0.2) is 4.21 Å². The van der Waals surface area contributed by atoms with Crippen molar-refractivity contribution >= 4 is 33.5 Å². The van der Waals surface area contributed by atoms with E-state index in [-0.39, 0.29) is 43.7 Å². The Hall–Kier alpha value is -4.57. The second kappa shape index (κ2) is 9.12. The van der Waals surface area contributed by atoms with Crippen LogP contribution in [0.25, 0.3) is 22.3 Å². The zero-order chi connectivity index (χ0) is 24.4. The summed E-state index contributed by atoms with van der Waals surface area (Å²) in [6.07, 6.45) is 0. The van der Waals surface area contributed by atoms with Crippen molar-refractivity contribution in [3.63, 3.8) is 0 Å². The minimum absolute atomic E-state index is 0.127. The minimum atomic E-state index is -1.94. The maximum atomic E-state index is 14.0. The third-order valence-electron chi connectivity index (χ3n) is 5.29. The second-order valence-corrected chi connectivity index (χ2v) is 8.68. The fourth-order valence-corrected chi connectivity index (χ4v) is 5.17. The van der Waals surface area contributed by atoms with E-state index in [1.165, 1.54) is 24.3 Å². The summed E-state index contributed by atoms with van der Waals surface area (Å²) in [5, 5.41) is 23.0. The van der Waals surface area contributed by atoms with Gasteiger partial charge in [-0.3, -0.25) is 20.2 Å². The van der Waals surface area contributed by atoms with E-state index in [9.17, 15) is 24.4 Å². The molecule has 10 heteroatoms. The molecule has 34 heavy (non-hydrogen) atoms. The normalized spacial score (nSPS) is 10.9. The summed E-state index contributed by atoms with van der Waals surface area (Å²) in [6, 6.07) is 22.5. The molecular weight excluding hydrogens is 456 g/mol. The average molecular weight is 474 g/mol. The molecule has 0 spiro atoms. The summed E-state index contributed by atoms with van der Waals surface area (Å²) >= 11 is 0. The first-order valence-electron chi connectivity index (χ1n) is 9.97. The number of hydrogen-bond donors (Lipinski definition) is 2. The van der Waals surface area contributed by atoms with Crippen LogP contribution in [0.4, 0.5) is 22.7 Å². The Morgan fingerprint density at radius 2 is 0.941 bits per heavy atom. The van der Waals surface area contributed by atoms with E-state index in [0.717, 1.165) is 0 Å². The molecule has 0 aliphatic carbocycles. The Morgan fingerprint density at radius 3 is 1.26 bits per heavy atom. The summed E-state index contributed by atoms with van der Waals surface area (Å²) in [7, 11) is -1.94. The maximum absolute atomic E-state index is 14.0. The Kier molecular flexibility index (Phi) is 6.07. The lowest BCUT2D eigenvalue weighted by Crippen LogP contribution is -2.06. The Balaban J connectivity index is 2.01. The van der Waals surface area contributed by atoms with E-state index in [1.54, 1.807) is 60.7 Å². The number of hydrogen-bond acceptors (Lipinski definition) is 7. The van der Waals surface area contributed by atoms with Crippen molar-refractivity contribution < 1.29 is 14.1 Å². The number of nitrogens with two attached hydrogens (primary N) is 2. The molecule has 0 bridgehead atoms. The lowest BCUT2D eigenvalue weighted by atomic mass is 10.0. The SMILES string of the molecule is Nc1c([N+](=O)[O-])ccc(S(=O)c2ccc([N+](=O)[O-])c(N)c2-c2ccccc2)c1-c1ccccc1. The number of anilines is 2. The Morgan fingerprint density at radius 1 is 0.588 bits per heavy atom. The van der Waals surface area contributed by atoms with Crippen molar-refractivity contribution in [2.75, 3.05) is 11.5 Å². The fraction of sp³-hybridized carbons (Fsp3) is 0. The van der Waals surface area contributed by atoms with Crippen LogP contribution in [0.2, 0.25) is 0 Å². The van der Waals surface area contributed by atoms with Crippen LogP contribution in [0.15, 0.2) is 94.7 Å². The molecule has 4 aromatic carbocycles. The predicted octanol–water partition coefficient (Wildman–Crippen LogP) is 5.17. The Labute approximate surface area is 196 Å². The molecule has 170 valence electrons. The molecule has 0 amide bonds. The van der Waals surface area contributed by atoms with Gasteiger partial charge in [0.1, 0.15) is 11.4 Å². The van der Waals surface area contributed by atoms with Crippen LogP contribution in [-0.4, -0.2) is 14.1 Å². The van der Waals surface area contributed by atoms with Gasteiger partial charge in [0.2, 0.25) is 0 Å². The van der Waals surface area contributed by atoms with Gasteiger partial charge in [0.25, 0.3) is 11.4 Å². The predicted molar refractivity (Wildman–Crippen MR) is 131 cm³/mol. The third kappa shape index (κ3) is 3.97. The van der Waals surface area contributed by atoms with Gasteiger partial charge >= 0.3 is 0 Å². The number of nitro benzene ring substituents is 2. The van der Waals surface area contributed by atoms with Crippen molar-refractivity contribution in [1.29, 1.82) is 0 Å². The molecule has 0 heterocycles. The topological polar surface area (TPSA) is 155 Å². The molecule has 0 aliphatic heterocycles. The largest absolute Gasteiger partial charge is 0.393 e. The van der Waals surface area contributed by atoms with Gasteiger partial charge in [-0.2, -0.15) is 0 Å². The number of nitrogen functional groups attached to an aromatic ring is 2. The molecule has 4 aromatic rings. The second-order valence-electron chi connectivity index (χ2n) is 7.26. The Bertz CT molecular complexity index is 1330. The van der Waals surface area contributed by atoms with Crippen LogP contribution in [0.3, 0.4) is 0 Å². The first-order chi connectivity index (χ1) is 16.3.